The third kappa shape index (κ3) is 15.9. The van der Waals surface area contributed by atoms with Crippen LogP contribution in [0.25, 0.3) is 0 Å². The van der Waals surface area contributed by atoms with Crippen molar-refractivity contribution >= 4 is 91.4 Å². The maximum Gasteiger partial charge on any atom is 1.00 e. The number of hydrogen-bond acceptors (Lipinski definition) is 12. The van der Waals surface area contributed by atoms with Crippen LogP contribution in [-0.4, -0.2) is 45.0 Å². The standard InChI is InChI=1S/2C19H17NO4S4.2Ru/c2*21-27(22)18-10-3-1-8-16(18)25-12-14-6-5-7-15(20-14)13-26-17-9-2-4-11-19(17)28(23)24;;/h2*1-11H,12-13H2,(H,21,22)(H,23,24);;/q;;2*+1/p-2. The molecule has 0 saturated carbocycles. The van der Waals surface area contributed by atoms with Crippen LogP contribution >= 0.6 is 47.0 Å². The monoisotopic (exact) mass is 1100 g/mol. The van der Waals surface area contributed by atoms with Gasteiger partial charge in [0.15, 0.2) is 22.2 Å². The van der Waals surface area contributed by atoms with Gasteiger partial charge in [-0.05, 0) is 95.0 Å². The average Bonchev–Trinajstić information content (AvgIpc) is 3.21. The SMILES string of the molecule is O=S([O-])c1ccccc1SCc1cccc(CSc2ccccc2S(=O)O)n1.O=S([O-])c1ccccc1SCc1cccc(CSc2ccccc2S(=O)O)n1.[Ru+].[Ru+]. The molecule has 0 saturated heterocycles. The van der Waals surface area contributed by atoms with Crippen molar-refractivity contribution in [2.24, 2.45) is 0 Å². The van der Waals surface area contributed by atoms with Crippen LogP contribution in [-0.2, 0) is 106 Å². The summed E-state index contributed by atoms with van der Waals surface area (Å²) in [7, 11) is 0. The Morgan fingerprint density at radius 1 is 0.397 bits per heavy atom. The van der Waals surface area contributed by atoms with E-state index in [1.54, 1.807) is 60.7 Å². The molecular formula is C38H32N2O8Ru2S8. The topological polar surface area (TPSA) is 181 Å². The molecule has 306 valence electrons. The number of rotatable bonds is 16. The van der Waals surface area contributed by atoms with Crippen LogP contribution in [0.4, 0.5) is 0 Å². The van der Waals surface area contributed by atoms with E-state index in [0.29, 0.717) is 42.6 Å². The van der Waals surface area contributed by atoms with Crippen LogP contribution in [0.1, 0.15) is 22.8 Å². The molecule has 0 amide bonds. The first-order valence-corrected chi connectivity index (χ1v) is 24.6. The first-order chi connectivity index (χ1) is 27.1. The maximum atomic E-state index is 11.4. The molecule has 4 unspecified atom stereocenters. The fourth-order valence-electron chi connectivity index (χ4n) is 4.83. The van der Waals surface area contributed by atoms with Crippen molar-refractivity contribution in [2.75, 3.05) is 0 Å². The van der Waals surface area contributed by atoms with Crippen LogP contribution in [0, 0.1) is 0 Å². The first-order valence-electron chi connectivity index (χ1n) is 16.3. The maximum absolute atomic E-state index is 11.4. The van der Waals surface area contributed by atoms with E-state index < -0.39 is 44.3 Å². The largest absolute Gasteiger partial charge is 1.00 e. The zero-order chi connectivity index (χ0) is 39.9. The van der Waals surface area contributed by atoms with Crippen molar-refractivity contribution in [3.63, 3.8) is 0 Å². The smallest absolute Gasteiger partial charge is 0.768 e. The van der Waals surface area contributed by atoms with Crippen LogP contribution in [0.2, 0.25) is 0 Å². The summed E-state index contributed by atoms with van der Waals surface area (Å²) >= 11 is -2.85. The van der Waals surface area contributed by atoms with Gasteiger partial charge in [0.05, 0.1) is 32.6 Å². The predicted octanol–water partition coefficient (Wildman–Crippen LogP) is 8.96. The van der Waals surface area contributed by atoms with Crippen molar-refractivity contribution in [1.29, 1.82) is 0 Å². The van der Waals surface area contributed by atoms with E-state index in [1.807, 2.05) is 72.8 Å². The molecule has 4 aromatic carbocycles. The molecule has 0 bridgehead atoms. The average molecular weight is 1100 g/mol. The zero-order valence-corrected chi connectivity index (χ0v) is 39.7. The van der Waals surface area contributed by atoms with E-state index in [4.69, 9.17) is 0 Å². The third-order valence-corrected chi connectivity index (χ3v) is 15.2. The van der Waals surface area contributed by atoms with Crippen LogP contribution in [0.5, 0.6) is 0 Å². The summed E-state index contributed by atoms with van der Waals surface area (Å²) in [6.07, 6.45) is 0. The Kier molecular flexibility index (Phi) is 23.2. The van der Waals surface area contributed by atoms with E-state index in [1.165, 1.54) is 47.0 Å². The molecule has 6 aromatic rings. The van der Waals surface area contributed by atoms with Gasteiger partial charge in [0, 0.05) is 52.4 Å². The minimum atomic E-state index is -2.27. The van der Waals surface area contributed by atoms with Gasteiger partial charge in [0.25, 0.3) is 0 Å². The summed E-state index contributed by atoms with van der Waals surface area (Å²) in [5, 5.41) is 0. The van der Waals surface area contributed by atoms with Crippen LogP contribution in [0.15, 0.2) is 173 Å². The molecule has 0 aliphatic rings. The Hall–Kier alpha value is -1.73. The van der Waals surface area contributed by atoms with Crippen LogP contribution < -0.4 is 0 Å². The van der Waals surface area contributed by atoms with E-state index in [-0.39, 0.29) is 48.7 Å². The second-order valence-corrected chi connectivity index (χ2v) is 18.9. The predicted molar refractivity (Wildman–Crippen MR) is 225 cm³/mol. The van der Waals surface area contributed by atoms with Gasteiger partial charge in [0.1, 0.15) is 0 Å². The molecule has 0 fully saturated rings. The quantitative estimate of drug-likeness (QED) is 0.0533. The molecule has 0 aliphatic heterocycles. The number of thioether (sulfide) groups is 4. The van der Waals surface area contributed by atoms with E-state index in [9.17, 15) is 35.0 Å². The normalized spacial score (nSPS) is 12.8. The van der Waals surface area contributed by atoms with Crippen LogP contribution in [0.3, 0.4) is 0 Å². The van der Waals surface area contributed by atoms with E-state index in [2.05, 4.69) is 9.97 Å². The molecule has 2 radical (unpaired) electrons. The van der Waals surface area contributed by atoms with Crippen molar-refractivity contribution in [3.05, 3.63) is 156 Å². The van der Waals surface area contributed by atoms with E-state index >= 15 is 0 Å². The Bertz CT molecular complexity index is 2050. The van der Waals surface area contributed by atoms with Gasteiger partial charge in [-0.15, -0.1) is 47.0 Å². The molecule has 4 atom stereocenters. The summed E-state index contributed by atoms with van der Waals surface area (Å²) in [6, 6.07) is 39.2. The molecule has 58 heavy (non-hydrogen) atoms. The Balaban J connectivity index is 0.000000300. The second-order valence-electron chi connectivity index (χ2n) is 11.1. The van der Waals surface area contributed by atoms with Crippen molar-refractivity contribution in [3.8, 4) is 0 Å². The first kappa shape index (κ1) is 50.6. The number of aromatic nitrogens is 2. The second kappa shape index (κ2) is 26.6. The van der Waals surface area contributed by atoms with Gasteiger partial charge in [-0.1, -0.05) is 60.7 Å². The van der Waals surface area contributed by atoms with Crippen molar-refractivity contribution in [2.45, 2.75) is 62.2 Å². The third-order valence-electron chi connectivity index (χ3n) is 7.36. The Morgan fingerprint density at radius 2 is 0.638 bits per heavy atom. The molecule has 2 aromatic heterocycles. The van der Waals surface area contributed by atoms with Crippen molar-refractivity contribution in [1.82, 2.24) is 9.97 Å². The summed E-state index contributed by atoms with van der Waals surface area (Å²) in [6.45, 7) is 0. The molecule has 2 N–H and O–H groups in total. The van der Waals surface area contributed by atoms with Gasteiger partial charge in [0.2, 0.25) is 0 Å². The molecule has 0 aliphatic carbocycles. The molecule has 20 heteroatoms. The van der Waals surface area contributed by atoms with E-state index in [0.717, 1.165) is 32.6 Å². The summed E-state index contributed by atoms with van der Waals surface area (Å²) in [4.78, 5) is 13.5. The van der Waals surface area contributed by atoms with Gasteiger partial charge in [-0.2, -0.15) is 0 Å². The molecule has 0 spiro atoms. The summed E-state index contributed by atoms with van der Waals surface area (Å²) in [5.41, 5.74) is 3.38. The number of hydrogen-bond donors (Lipinski definition) is 2. The zero-order valence-electron chi connectivity index (χ0n) is 29.7. The minimum Gasteiger partial charge on any atom is -0.768 e. The number of nitrogens with zero attached hydrogens (tertiary/aromatic N) is 2. The molecule has 6 rings (SSSR count). The fraction of sp³-hybridized carbons (Fsp3) is 0.105. The number of benzene rings is 4. The van der Waals surface area contributed by atoms with Gasteiger partial charge in [-0.25, -0.2) is 8.42 Å². The molecule has 2 heterocycles. The van der Waals surface area contributed by atoms with Crippen molar-refractivity contribution < 1.29 is 74.0 Å². The summed E-state index contributed by atoms with van der Waals surface area (Å²) in [5.74, 6) is 2.22. The van der Waals surface area contributed by atoms with Gasteiger partial charge < -0.3 is 18.2 Å². The minimum absolute atomic E-state index is 0. The summed E-state index contributed by atoms with van der Waals surface area (Å²) < 4.78 is 86.8. The number of pyridine rings is 2. The Labute approximate surface area is 389 Å². The molecule has 10 nitrogen and oxygen atoms in total. The van der Waals surface area contributed by atoms with Gasteiger partial charge in [-0.3, -0.25) is 18.4 Å². The Morgan fingerprint density at radius 3 is 0.897 bits per heavy atom. The molecular weight excluding hydrogens is 1070 g/mol. The fourth-order valence-corrected chi connectivity index (χ4v) is 11.5. The van der Waals surface area contributed by atoms with Gasteiger partial charge >= 0.3 is 39.0 Å².